The molecule has 0 saturated carbocycles. The topological polar surface area (TPSA) is 54.0 Å². The molecule has 26 heavy (non-hydrogen) atoms. The maximum absolute atomic E-state index is 12.4. The highest BCUT2D eigenvalue weighted by Crippen LogP contribution is 2.24. The fourth-order valence-electron chi connectivity index (χ4n) is 2.40. The molecule has 0 atom stereocenters. The molecule has 0 spiro atoms. The number of amides is 1. The Morgan fingerprint density at radius 1 is 1.00 bits per heavy atom. The first-order valence-electron chi connectivity index (χ1n) is 8.02. The molecule has 2 aromatic carbocycles. The zero-order valence-electron chi connectivity index (χ0n) is 14.1. The quantitative estimate of drug-likeness (QED) is 0.620. The number of hydrogen-bond acceptors (Lipinski definition) is 3. The van der Waals surface area contributed by atoms with Gasteiger partial charge in [-0.1, -0.05) is 41.4 Å². The van der Waals surface area contributed by atoms with E-state index in [4.69, 9.17) is 23.2 Å². The third-order valence-corrected chi connectivity index (χ3v) is 4.33. The summed E-state index contributed by atoms with van der Waals surface area (Å²) in [5.74, 6) is -0.195. The van der Waals surface area contributed by atoms with Gasteiger partial charge in [-0.15, -0.1) is 0 Å². The zero-order valence-corrected chi connectivity index (χ0v) is 15.6. The third kappa shape index (κ3) is 4.75. The Labute approximate surface area is 162 Å². The van der Waals surface area contributed by atoms with Crippen LogP contribution in [0.15, 0.2) is 60.9 Å². The van der Waals surface area contributed by atoms with Gasteiger partial charge in [-0.2, -0.15) is 0 Å². The number of anilines is 2. The molecule has 0 aliphatic rings. The molecule has 0 bridgehead atoms. The largest absolute Gasteiger partial charge is 0.354 e. The second-order valence-corrected chi connectivity index (χ2v) is 6.73. The number of rotatable bonds is 5. The predicted molar refractivity (Wildman–Crippen MR) is 106 cm³/mol. The maximum atomic E-state index is 12.4. The van der Waals surface area contributed by atoms with E-state index < -0.39 is 0 Å². The summed E-state index contributed by atoms with van der Waals surface area (Å²) < 4.78 is 0. The fourth-order valence-corrected chi connectivity index (χ4v) is 2.70. The van der Waals surface area contributed by atoms with Gasteiger partial charge in [0.05, 0.1) is 17.4 Å². The first kappa shape index (κ1) is 18.2. The van der Waals surface area contributed by atoms with E-state index in [2.05, 4.69) is 15.6 Å². The fraction of sp³-hybridized carbons (Fsp3) is 0.100. The molecule has 1 heterocycles. The molecule has 1 amide bonds. The number of carbonyl (C=O) groups is 1. The zero-order chi connectivity index (χ0) is 18.5. The van der Waals surface area contributed by atoms with E-state index in [0.29, 0.717) is 22.2 Å². The smallest absolute Gasteiger partial charge is 0.253 e. The number of halogens is 2. The lowest BCUT2D eigenvalue weighted by Gasteiger charge is -2.11. The molecule has 0 saturated heterocycles. The van der Waals surface area contributed by atoms with Gasteiger partial charge in [-0.25, -0.2) is 0 Å². The number of benzene rings is 2. The van der Waals surface area contributed by atoms with E-state index in [9.17, 15) is 4.79 Å². The van der Waals surface area contributed by atoms with E-state index in [0.717, 1.165) is 22.5 Å². The van der Waals surface area contributed by atoms with E-state index >= 15 is 0 Å². The Kier molecular flexibility index (Phi) is 5.76. The summed E-state index contributed by atoms with van der Waals surface area (Å²) in [4.78, 5) is 16.5. The number of hydrogen-bond donors (Lipinski definition) is 2. The van der Waals surface area contributed by atoms with Crippen molar-refractivity contribution in [2.24, 2.45) is 0 Å². The second-order valence-electron chi connectivity index (χ2n) is 5.86. The van der Waals surface area contributed by atoms with Crippen LogP contribution >= 0.6 is 23.2 Å². The summed E-state index contributed by atoms with van der Waals surface area (Å²) in [7, 11) is 0. The molecule has 0 aliphatic carbocycles. The van der Waals surface area contributed by atoms with Gasteiger partial charge in [0, 0.05) is 28.5 Å². The predicted octanol–water partition coefficient (Wildman–Crippen LogP) is 5.37. The monoisotopic (exact) mass is 385 g/mol. The van der Waals surface area contributed by atoms with Crippen molar-refractivity contribution in [2.45, 2.75) is 13.5 Å². The second kappa shape index (κ2) is 8.21. The molecule has 0 unspecified atom stereocenters. The van der Waals surface area contributed by atoms with Crippen molar-refractivity contribution in [1.29, 1.82) is 0 Å². The van der Waals surface area contributed by atoms with Crippen LogP contribution in [-0.2, 0) is 6.54 Å². The average Bonchev–Trinajstić information content (AvgIpc) is 2.64. The average molecular weight is 386 g/mol. The minimum Gasteiger partial charge on any atom is -0.354 e. The summed E-state index contributed by atoms with van der Waals surface area (Å²) in [5, 5.41) is 7.43. The summed E-state index contributed by atoms with van der Waals surface area (Å²) in [6, 6.07) is 14.7. The number of pyridine rings is 1. The minimum absolute atomic E-state index is 0.195. The van der Waals surface area contributed by atoms with Gasteiger partial charge in [0.25, 0.3) is 5.91 Å². The highest BCUT2D eigenvalue weighted by Gasteiger charge is 2.08. The van der Waals surface area contributed by atoms with Crippen molar-refractivity contribution < 1.29 is 4.79 Å². The number of aromatic nitrogens is 1. The van der Waals surface area contributed by atoms with Gasteiger partial charge in [-0.3, -0.25) is 9.78 Å². The molecule has 0 aliphatic heterocycles. The highest BCUT2D eigenvalue weighted by molar-refractivity contribution is 6.31. The van der Waals surface area contributed by atoms with Gasteiger partial charge >= 0.3 is 0 Å². The molecule has 6 heteroatoms. The molecule has 0 fully saturated rings. The lowest BCUT2D eigenvalue weighted by molar-refractivity contribution is 0.0950. The summed E-state index contributed by atoms with van der Waals surface area (Å²) in [6.07, 6.45) is 3.20. The molecular formula is C20H17Cl2N3O. The highest BCUT2D eigenvalue weighted by atomic mass is 35.5. The van der Waals surface area contributed by atoms with Crippen molar-refractivity contribution in [1.82, 2.24) is 10.3 Å². The Bertz CT molecular complexity index is 927. The van der Waals surface area contributed by atoms with Crippen molar-refractivity contribution in [2.75, 3.05) is 5.32 Å². The number of aryl methyl sites for hydroxylation is 1. The van der Waals surface area contributed by atoms with E-state index in [1.807, 2.05) is 37.3 Å². The van der Waals surface area contributed by atoms with Gasteiger partial charge in [0.1, 0.15) is 0 Å². The molecule has 3 rings (SSSR count). The van der Waals surface area contributed by atoms with Crippen molar-refractivity contribution in [3.8, 4) is 0 Å². The number of nitrogens with zero attached hydrogens (tertiary/aromatic N) is 1. The standard InChI is InChI=1S/C20H17Cl2N3O/c1-13-2-5-17(22)9-19(13)25-18-8-15(11-23-12-18)20(26)24-10-14-3-6-16(21)7-4-14/h2-9,11-12,25H,10H2,1H3,(H,24,26). The lowest BCUT2D eigenvalue weighted by Crippen LogP contribution is -2.23. The number of nitrogens with one attached hydrogen (secondary N) is 2. The molecule has 132 valence electrons. The van der Waals surface area contributed by atoms with Crippen molar-refractivity contribution in [3.05, 3.63) is 87.7 Å². The molecule has 4 nitrogen and oxygen atoms in total. The van der Waals surface area contributed by atoms with Crippen LogP contribution in [0.25, 0.3) is 0 Å². The Hall–Kier alpha value is -2.56. The van der Waals surface area contributed by atoms with Crippen LogP contribution in [0.1, 0.15) is 21.5 Å². The summed E-state index contributed by atoms with van der Waals surface area (Å²) >= 11 is 11.9. The molecule has 3 aromatic rings. The Balaban J connectivity index is 1.69. The first-order valence-corrected chi connectivity index (χ1v) is 8.78. The van der Waals surface area contributed by atoms with Gasteiger partial charge in [0.15, 0.2) is 0 Å². The molecular weight excluding hydrogens is 369 g/mol. The van der Waals surface area contributed by atoms with Crippen molar-refractivity contribution >= 4 is 40.5 Å². The summed E-state index contributed by atoms with van der Waals surface area (Å²) in [6.45, 7) is 2.40. The Morgan fingerprint density at radius 3 is 2.50 bits per heavy atom. The van der Waals surface area contributed by atoms with Gasteiger partial charge in [0.2, 0.25) is 0 Å². The van der Waals surface area contributed by atoms with Crippen LogP contribution in [0.4, 0.5) is 11.4 Å². The maximum Gasteiger partial charge on any atom is 0.253 e. The van der Waals surface area contributed by atoms with E-state index in [1.165, 1.54) is 6.20 Å². The molecule has 2 N–H and O–H groups in total. The van der Waals surface area contributed by atoms with Crippen LogP contribution in [0.3, 0.4) is 0 Å². The third-order valence-electron chi connectivity index (χ3n) is 3.85. The van der Waals surface area contributed by atoms with Crippen LogP contribution in [-0.4, -0.2) is 10.9 Å². The van der Waals surface area contributed by atoms with Gasteiger partial charge < -0.3 is 10.6 Å². The molecule has 0 radical (unpaired) electrons. The van der Waals surface area contributed by atoms with E-state index in [1.54, 1.807) is 24.4 Å². The SMILES string of the molecule is Cc1ccc(Cl)cc1Nc1cncc(C(=O)NCc2ccc(Cl)cc2)c1. The van der Waals surface area contributed by atoms with Crippen LogP contribution in [0, 0.1) is 6.92 Å². The van der Waals surface area contributed by atoms with Crippen LogP contribution in [0.5, 0.6) is 0 Å². The summed E-state index contributed by atoms with van der Waals surface area (Å²) in [5.41, 5.74) is 4.09. The number of carbonyl (C=O) groups excluding carboxylic acids is 1. The molecule has 1 aromatic heterocycles. The first-order chi connectivity index (χ1) is 12.5. The van der Waals surface area contributed by atoms with Crippen LogP contribution < -0.4 is 10.6 Å². The van der Waals surface area contributed by atoms with E-state index in [-0.39, 0.29) is 5.91 Å². The lowest BCUT2D eigenvalue weighted by atomic mass is 10.2. The van der Waals surface area contributed by atoms with Gasteiger partial charge in [-0.05, 0) is 48.4 Å². The minimum atomic E-state index is -0.195. The van der Waals surface area contributed by atoms with Crippen molar-refractivity contribution in [3.63, 3.8) is 0 Å². The normalized spacial score (nSPS) is 10.4. The Morgan fingerprint density at radius 2 is 1.73 bits per heavy atom. The van der Waals surface area contributed by atoms with Crippen LogP contribution in [0.2, 0.25) is 10.0 Å².